The normalized spacial score (nSPS) is 20.3. The Bertz CT molecular complexity index is 470. The number of aliphatic hydroxyl groups excluding tert-OH is 1. The molecular weight excluding hydrogens is 304 g/mol. The molecule has 0 saturated heterocycles. The molecule has 1 aliphatic rings. The maximum atomic E-state index is 12.0. The van der Waals surface area contributed by atoms with Crippen molar-refractivity contribution < 1.29 is 14.6 Å². The van der Waals surface area contributed by atoms with Crippen molar-refractivity contribution >= 4 is 18.3 Å². The number of carbonyl (C=O) groups is 1. The van der Waals surface area contributed by atoms with Gasteiger partial charge in [-0.15, -0.1) is 12.4 Å². The smallest absolute Gasteiger partial charge is 0.220 e. The van der Waals surface area contributed by atoms with Crippen LogP contribution < -0.4 is 15.8 Å². The highest BCUT2D eigenvalue weighted by Crippen LogP contribution is 2.26. The topological polar surface area (TPSA) is 84.6 Å². The Morgan fingerprint density at radius 2 is 2.14 bits per heavy atom. The van der Waals surface area contributed by atoms with Crippen LogP contribution in [0.3, 0.4) is 0 Å². The predicted molar refractivity (Wildman–Crippen MR) is 88.1 cm³/mol. The van der Waals surface area contributed by atoms with Crippen LogP contribution in [0.5, 0.6) is 5.75 Å². The number of ether oxygens (including phenoxy) is 1. The Balaban J connectivity index is 0.00000242. The summed E-state index contributed by atoms with van der Waals surface area (Å²) in [4.78, 5) is 12.0. The van der Waals surface area contributed by atoms with Gasteiger partial charge in [0.1, 0.15) is 12.4 Å². The van der Waals surface area contributed by atoms with E-state index >= 15 is 0 Å². The number of amides is 1. The molecular formula is C16H25ClN2O3. The van der Waals surface area contributed by atoms with Crippen LogP contribution in [0.15, 0.2) is 24.3 Å². The number of hydrogen-bond donors (Lipinski definition) is 3. The minimum absolute atomic E-state index is 0. The van der Waals surface area contributed by atoms with Gasteiger partial charge in [-0.05, 0) is 24.8 Å². The molecule has 0 aliphatic heterocycles. The highest BCUT2D eigenvalue weighted by molar-refractivity contribution is 5.85. The lowest BCUT2D eigenvalue weighted by Gasteiger charge is -2.15. The number of carbonyl (C=O) groups excluding carboxylic acids is 1. The number of nitrogens with one attached hydrogen (secondary N) is 1. The molecule has 124 valence electrons. The van der Waals surface area contributed by atoms with Crippen LogP contribution >= 0.6 is 12.4 Å². The van der Waals surface area contributed by atoms with E-state index in [9.17, 15) is 4.79 Å². The van der Waals surface area contributed by atoms with Gasteiger partial charge in [0.05, 0.1) is 6.61 Å². The van der Waals surface area contributed by atoms with Crippen molar-refractivity contribution in [2.24, 2.45) is 11.7 Å². The summed E-state index contributed by atoms with van der Waals surface area (Å²) in [6, 6.07) is 7.68. The predicted octanol–water partition coefficient (Wildman–Crippen LogP) is 1.61. The van der Waals surface area contributed by atoms with Crippen LogP contribution in [-0.4, -0.2) is 30.3 Å². The van der Waals surface area contributed by atoms with E-state index in [1.165, 1.54) is 0 Å². The fraction of sp³-hybridized carbons (Fsp3) is 0.562. The van der Waals surface area contributed by atoms with Crippen LogP contribution in [0.25, 0.3) is 0 Å². The second-order valence-corrected chi connectivity index (χ2v) is 5.52. The van der Waals surface area contributed by atoms with Gasteiger partial charge in [0.2, 0.25) is 5.91 Å². The number of benzene rings is 1. The first kappa shape index (κ1) is 18.7. The van der Waals surface area contributed by atoms with E-state index in [1.807, 2.05) is 24.3 Å². The van der Waals surface area contributed by atoms with Gasteiger partial charge in [-0.25, -0.2) is 0 Å². The average Bonchev–Trinajstić information content (AvgIpc) is 2.89. The Hall–Kier alpha value is -1.30. The second-order valence-electron chi connectivity index (χ2n) is 5.52. The molecule has 5 nitrogen and oxygen atoms in total. The first-order chi connectivity index (χ1) is 10.2. The van der Waals surface area contributed by atoms with Gasteiger partial charge in [0.15, 0.2) is 0 Å². The maximum absolute atomic E-state index is 12.0. The molecule has 2 atom stereocenters. The molecule has 2 rings (SSSR count). The fourth-order valence-corrected chi connectivity index (χ4v) is 2.77. The monoisotopic (exact) mass is 328 g/mol. The summed E-state index contributed by atoms with van der Waals surface area (Å²) in [6.45, 7) is 0.657. The summed E-state index contributed by atoms with van der Waals surface area (Å²) < 4.78 is 5.45. The lowest BCUT2D eigenvalue weighted by Crippen LogP contribution is -2.31. The highest BCUT2D eigenvalue weighted by Gasteiger charge is 2.25. The van der Waals surface area contributed by atoms with E-state index in [4.69, 9.17) is 15.6 Å². The fourth-order valence-electron chi connectivity index (χ4n) is 2.77. The van der Waals surface area contributed by atoms with Crippen molar-refractivity contribution in [3.05, 3.63) is 29.8 Å². The van der Waals surface area contributed by atoms with Crippen LogP contribution in [0, 0.1) is 5.92 Å². The third-order valence-corrected chi connectivity index (χ3v) is 3.96. The first-order valence-electron chi connectivity index (χ1n) is 7.54. The van der Waals surface area contributed by atoms with Crippen LogP contribution in [-0.2, 0) is 11.3 Å². The summed E-state index contributed by atoms with van der Waals surface area (Å²) in [5.74, 6) is 1.05. The van der Waals surface area contributed by atoms with Crippen LogP contribution in [0.2, 0.25) is 0 Å². The van der Waals surface area contributed by atoms with Crippen LogP contribution in [0.4, 0.5) is 0 Å². The molecule has 0 spiro atoms. The quantitative estimate of drug-likeness (QED) is 0.710. The summed E-state index contributed by atoms with van der Waals surface area (Å²) in [6.07, 6.45) is 3.69. The minimum atomic E-state index is -0.0275. The molecule has 1 amide bonds. The standard InChI is InChI=1S/C16H24N2O3.ClH/c17-14-6-3-5-12(14)10-16(20)18-11-13-4-1-2-7-15(13)21-9-8-19;/h1-2,4,7,12,14,19H,3,5-6,8-11,17H2,(H,18,20);1H/t12-,14+;/m0./s1. The van der Waals surface area contributed by atoms with Gasteiger partial charge in [0, 0.05) is 24.6 Å². The third-order valence-electron chi connectivity index (χ3n) is 3.96. The van der Waals surface area contributed by atoms with Gasteiger partial charge in [0.25, 0.3) is 0 Å². The molecule has 0 radical (unpaired) electrons. The van der Waals surface area contributed by atoms with E-state index < -0.39 is 0 Å². The Morgan fingerprint density at radius 3 is 2.82 bits per heavy atom. The Morgan fingerprint density at radius 1 is 1.36 bits per heavy atom. The van der Waals surface area contributed by atoms with Crippen LogP contribution in [0.1, 0.15) is 31.2 Å². The maximum Gasteiger partial charge on any atom is 0.220 e. The van der Waals surface area contributed by atoms with Gasteiger partial charge in [-0.1, -0.05) is 24.6 Å². The summed E-state index contributed by atoms with van der Waals surface area (Å²) in [5, 5.41) is 11.7. The number of para-hydroxylation sites is 1. The van der Waals surface area contributed by atoms with Crippen molar-refractivity contribution in [1.29, 1.82) is 0 Å². The lowest BCUT2D eigenvalue weighted by molar-refractivity contribution is -0.122. The summed E-state index contributed by atoms with van der Waals surface area (Å²) >= 11 is 0. The molecule has 1 saturated carbocycles. The average molecular weight is 329 g/mol. The molecule has 0 aromatic heterocycles. The molecule has 0 unspecified atom stereocenters. The van der Waals surface area contributed by atoms with Gasteiger partial charge < -0.3 is 20.9 Å². The lowest BCUT2D eigenvalue weighted by atomic mass is 10.00. The van der Waals surface area contributed by atoms with Crippen molar-refractivity contribution in [2.45, 2.75) is 38.3 Å². The molecule has 1 fully saturated rings. The third kappa shape index (κ3) is 5.48. The molecule has 1 aliphatic carbocycles. The highest BCUT2D eigenvalue weighted by atomic mass is 35.5. The Labute approximate surface area is 137 Å². The van der Waals surface area contributed by atoms with Crippen molar-refractivity contribution in [3.8, 4) is 5.75 Å². The number of halogens is 1. The van der Waals surface area contributed by atoms with Crippen molar-refractivity contribution in [1.82, 2.24) is 5.32 Å². The zero-order chi connectivity index (χ0) is 15.1. The zero-order valence-electron chi connectivity index (χ0n) is 12.7. The SMILES string of the molecule is Cl.N[C@@H]1CCC[C@H]1CC(=O)NCc1ccccc1OCCO. The van der Waals surface area contributed by atoms with E-state index in [-0.39, 0.29) is 37.6 Å². The van der Waals surface area contributed by atoms with E-state index in [0.717, 1.165) is 24.8 Å². The Kier molecular flexibility index (Phi) is 8.24. The van der Waals surface area contributed by atoms with E-state index in [0.29, 0.717) is 24.6 Å². The van der Waals surface area contributed by atoms with Gasteiger partial charge in [-0.2, -0.15) is 0 Å². The van der Waals surface area contributed by atoms with Crippen molar-refractivity contribution in [2.75, 3.05) is 13.2 Å². The molecule has 0 bridgehead atoms. The molecule has 1 aromatic carbocycles. The van der Waals surface area contributed by atoms with Gasteiger partial charge in [-0.3, -0.25) is 4.79 Å². The molecule has 4 N–H and O–H groups in total. The number of nitrogens with two attached hydrogens (primary N) is 1. The second kappa shape index (κ2) is 9.66. The molecule has 0 heterocycles. The largest absolute Gasteiger partial charge is 0.491 e. The zero-order valence-corrected chi connectivity index (χ0v) is 13.5. The van der Waals surface area contributed by atoms with E-state index in [2.05, 4.69) is 5.32 Å². The summed E-state index contributed by atoms with van der Waals surface area (Å²) in [5.41, 5.74) is 6.90. The molecule has 6 heteroatoms. The number of rotatable bonds is 7. The summed E-state index contributed by atoms with van der Waals surface area (Å²) in [7, 11) is 0. The van der Waals surface area contributed by atoms with Crippen molar-refractivity contribution in [3.63, 3.8) is 0 Å². The minimum Gasteiger partial charge on any atom is -0.491 e. The number of aliphatic hydroxyl groups is 1. The molecule has 22 heavy (non-hydrogen) atoms. The first-order valence-corrected chi connectivity index (χ1v) is 7.54. The number of hydrogen-bond acceptors (Lipinski definition) is 4. The van der Waals surface area contributed by atoms with Gasteiger partial charge >= 0.3 is 0 Å². The van der Waals surface area contributed by atoms with E-state index in [1.54, 1.807) is 0 Å². The molecule has 1 aromatic rings.